The summed E-state index contributed by atoms with van der Waals surface area (Å²) in [5.41, 5.74) is 1.49. The van der Waals surface area contributed by atoms with Crippen molar-refractivity contribution < 1.29 is 13.2 Å². The molecule has 2 aromatic rings. The van der Waals surface area contributed by atoms with Crippen LogP contribution in [-0.4, -0.2) is 14.4 Å². The lowest BCUT2D eigenvalue weighted by Crippen LogP contribution is -2.34. The summed E-state index contributed by atoms with van der Waals surface area (Å²) in [5, 5.41) is 2.51. The number of hydrogen-bond donors (Lipinski definition) is 2. The molecule has 0 saturated heterocycles. The third-order valence-electron chi connectivity index (χ3n) is 2.68. The molecule has 0 aliphatic rings. The number of halogens is 1. The van der Waals surface area contributed by atoms with E-state index in [9.17, 15) is 13.2 Å². The zero-order chi connectivity index (χ0) is 15.5. The highest BCUT2D eigenvalue weighted by atomic mass is 127. The largest absolute Gasteiger partial charge is 0.333 e. The molecule has 0 spiro atoms. The van der Waals surface area contributed by atoms with Gasteiger partial charge in [0.2, 0.25) is 0 Å². The van der Waals surface area contributed by atoms with Crippen molar-refractivity contribution in [1.82, 2.24) is 4.72 Å². The predicted molar refractivity (Wildman–Crippen MR) is 89.7 cm³/mol. The van der Waals surface area contributed by atoms with Gasteiger partial charge in [0.1, 0.15) is 0 Å². The Bertz CT molecular complexity index is 758. The molecule has 7 heteroatoms. The van der Waals surface area contributed by atoms with E-state index in [1.54, 1.807) is 24.3 Å². The molecule has 0 aromatic heterocycles. The van der Waals surface area contributed by atoms with Crippen LogP contribution >= 0.6 is 22.6 Å². The zero-order valence-corrected chi connectivity index (χ0v) is 14.1. The second-order valence-corrected chi connectivity index (χ2v) is 7.20. The summed E-state index contributed by atoms with van der Waals surface area (Å²) in [4.78, 5) is 11.9. The van der Waals surface area contributed by atoms with Gasteiger partial charge in [-0.25, -0.2) is 17.9 Å². The van der Waals surface area contributed by atoms with Gasteiger partial charge < -0.3 is 5.32 Å². The molecule has 0 bridgehead atoms. The highest BCUT2D eigenvalue weighted by Crippen LogP contribution is 2.17. The lowest BCUT2D eigenvalue weighted by molar-refractivity contribution is 0.256. The number of sulfonamides is 1. The van der Waals surface area contributed by atoms with E-state index in [-0.39, 0.29) is 4.90 Å². The molecule has 2 rings (SSSR count). The molecule has 0 fully saturated rings. The third kappa shape index (κ3) is 4.18. The van der Waals surface area contributed by atoms with E-state index in [2.05, 4.69) is 27.9 Å². The molecule has 2 aromatic carbocycles. The molecule has 2 N–H and O–H groups in total. The van der Waals surface area contributed by atoms with E-state index in [0.717, 1.165) is 9.13 Å². The first-order valence-corrected chi connectivity index (χ1v) is 8.60. The van der Waals surface area contributed by atoms with Crippen molar-refractivity contribution in [3.05, 3.63) is 57.7 Å². The number of para-hydroxylation sites is 1. The Morgan fingerprint density at radius 2 is 1.67 bits per heavy atom. The molecule has 0 aliphatic heterocycles. The number of benzene rings is 2. The summed E-state index contributed by atoms with van der Waals surface area (Å²) in [6, 6.07) is 12.6. The number of hydrogen-bond acceptors (Lipinski definition) is 3. The Hall–Kier alpha value is -1.61. The van der Waals surface area contributed by atoms with Crippen molar-refractivity contribution in [2.75, 3.05) is 5.32 Å². The average molecular weight is 416 g/mol. The molecular weight excluding hydrogens is 403 g/mol. The Balaban J connectivity index is 2.12. The van der Waals surface area contributed by atoms with E-state index in [1.807, 2.05) is 23.8 Å². The van der Waals surface area contributed by atoms with Crippen LogP contribution in [0.2, 0.25) is 0 Å². The van der Waals surface area contributed by atoms with Crippen LogP contribution in [-0.2, 0) is 10.0 Å². The summed E-state index contributed by atoms with van der Waals surface area (Å²) in [7, 11) is -3.87. The lowest BCUT2D eigenvalue weighted by atomic mass is 10.2. The molecule has 0 heterocycles. The first kappa shape index (κ1) is 15.8. The first-order chi connectivity index (χ1) is 9.88. The fraction of sp³-hybridized carbons (Fsp3) is 0.0714. The highest BCUT2D eigenvalue weighted by Gasteiger charge is 2.17. The number of urea groups is 1. The summed E-state index contributed by atoms with van der Waals surface area (Å²) in [5.74, 6) is 0. The zero-order valence-electron chi connectivity index (χ0n) is 11.1. The number of aryl methyl sites for hydroxylation is 1. The van der Waals surface area contributed by atoms with E-state index in [1.165, 1.54) is 12.1 Å². The number of nitrogens with one attached hydrogen (secondary N) is 2. The second kappa shape index (κ2) is 6.44. The van der Waals surface area contributed by atoms with Crippen LogP contribution in [0.15, 0.2) is 53.4 Å². The van der Waals surface area contributed by atoms with Crippen molar-refractivity contribution in [2.45, 2.75) is 11.8 Å². The van der Waals surface area contributed by atoms with Gasteiger partial charge in [0.05, 0.1) is 10.6 Å². The summed E-state index contributed by atoms with van der Waals surface area (Å²) >= 11 is 2.05. The predicted octanol–water partition coefficient (Wildman–Crippen LogP) is 3.11. The fourth-order valence-corrected chi connectivity index (χ4v) is 3.04. The molecule has 110 valence electrons. The second-order valence-electron chi connectivity index (χ2n) is 4.35. The van der Waals surface area contributed by atoms with Gasteiger partial charge in [0.15, 0.2) is 0 Å². The minimum atomic E-state index is -3.87. The SMILES string of the molecule is Cc1ccc(S(=O)(=O)NC(=O)Nc2ccccc2I)cc1. The van der Waals surface area contributed by atoms with Crippen LogP contribution in [0, 0.1) is 10.5 Å². The lowest BCUT2D eigenvalue weighted by Gasteiger charge is -2.10. The third-order valence-corrected chi connectivity index (χ3v) is 4.97. The molecule has 0 saturated carbocycles. The van der Waals surface area contributed by atoms with Crippen molar-refractivity contribution in [1.29, 1.82) is 0 Å². The fourth-order valence-electron chi connectivity index (χ4n) is 1.61. The van der Waals surface area contributed by atoms with E-state index < -0.39 is 16.1 Å². The molecule has 5 nitrogen and oxygen atoms in total. The minimum absolute atomic E-state index is 0.0472. The average Bonchev–Trinajstić information content (AvgIpc) is 2.41. The standard InChI is InChI=1S/C14H13IN2O3S/c1-10-6-8-11(9-7-10)21(19,20)17-14(18)16-13-5-3-2-4-12(13)15/h2-9H,1H3,(H2,16,17,18). The Kier molecular flexibility index (Phi) is 4.84. The van der Waals surface area contributed by atoms with Crippen LogP contribution in [0.1, 0.15) is 5.56 Å². The van der Waals surface area contributed by atoms with Gasteiger partial charge in [-0.3, -0.25) is 0 Å². The van der Waals surface area contributed by atoms with Gasteiger partial charge in [-0.15, -0.1) is 0 Å². The Labute approximate surface area is 137 Å². The Morgan fingerprint density at radius 3 is 2.29 bits per heavy atom. The molecule has 0 radical (unpaired) electrons. The molecule has 2 amide bonds. The molecular formula is C14H13IN2O3S. The maximum absolute atomic E-state index is 12.1. The minimum Gasteiger partial charge on any atom is -0.306 e. The van der Waals surface area contributed by atoms with Gasteiger partial charge in [0, 0.05) is 3.57 Å². The highest BCUT2D eigenvalue weighted by molar-refractivity contribution is 14.1. The van der Waals surface area contributed by atoms with Crippen molar-refractivity contribution in [3.63, 3.8) is 0 Å². The molecule has 0 aliphatic carbocycles. The number of carbonyl (C=O) groups excluding carboxylic acids is 1. The summed E-state index contributed by atoms with van der Waals surface area (Å²) in [6.07, 6.45) is 0. The van der Waals surface area contributed by atoms with Crippen molar-refractivity contribution in [3.8, 4) is 0 Å². The number of carbonyl (C=O) groups is 1. The van der Waals surface area contributed by atoms with Crippen LogP contribution in [0.5, 0.6) is 0 Å². The summed E-state index contributed by atoms with van der Waals surface area (Å²) < 4.78 is 26.9. The Morgan fingerprint density at radius 1 is 1.05 bits per heavy atom. The first-order valence-electron chi connectivity index (χ1n) is 6.03. The van der Waals surface area contributed by atoms with Gasteiger partial charge in [-0.05, 0) is 53.8 Å². The molecule has 0 unspecified atom stereocenters. The van der Waals surface area contributed by atoms with Gasteiger partial charge >= 0.3 is 6.03 Å². The monoisotopic (exact) mass is 416 g/mol. The molecule has 0 atom stereocenters. The number of amides is 2. The molecule has 21 heavy (non-hydrogen) atoms. The van der Waals surface area contributed by atoms with E-state index in [0.29, 0.717) is 5.69 Å². The van der Waals surface area contributed by atoms with Crippen molar-refractivity contribution in [2.24, 2.45) is 0 Å². The number of anilines is 1. The smallest absolute Gasteiger partial charge is 0.306 e. The van der Waals surface area contributed by atoms with E-state index >= 15 is 0 Å². The van der Waals surface area contributed by atoms with Gasteiger partial charge in [0.25, 0.3) is 10.0 Å². The normalized spacial score (nSPS) is 11.0. The van der Waals surface area contributed by atoms with Gasteiger partial charge in [-0.1, -0.05) is 29.8 Å². The maximum Gasteiger partial charge on any atom is 0.333 e. The van der Waals surface area contributed by atoms with Crippen LogP contribution in [0.25, 0.3) is 0 Å². The topological polar surface area (TPSA) is 75.3 Å². The van der Waals surface area contributed by atoms with Crippen molar-refractivity contribution >= 4 is 44.3 Å². The quantitative estimate of drug-likeness (QED) is 0.756. The van der Waals surface area contributed by atoms with Gasteiger partial charge in [-0.2, -0.15) is 0 Å². The van der Waals surface area contributed by atoms with E-state index in [4.69, 9.17) is 0 Å². The van der Waals surface area contributed by atoms with Crippen LogP contribution in [0.4, 0.5) is 10.5 Å². The van der Waals surface area contributed by atoms with Crippen LogP contribution < -0.4 is 10.0 Å². The number of rotatable bonds is 3. The van der Waals surface area contributed by atoms with Crippen LogP contribution in [0.3, 0.4) is 0 Å². The maximum atomic E-state index is 12.1. The summed E-state index contributed by atoms with van der Waals surface area (Å²) in [6.45, 7) is 1.86.